The van der Waals surface area contributed by atoms with Gasteiger partial charge in [0.2, 0.25) is 15.4 Å². The van der Waals surface area contributed by atoms with Gasteiger partial charge < -0.3 is 14.3 Å². The number of aromatic amines is 1. The summed E-state index contributed by atoms with van der Waals surface area (Å²) in [5.74, 6) is 0.326. The summed E-state index contributed by atoms with van der Waals surface area (Å²) in [5, 5.41) is 0. The molecule has 0 spiro atoms. The molecule has 1 aromatic carbocycles. The summed E-state index contributed by atoms with van der Waals surface area (Å²) >= 11 is 0. The lowest BCUT2D eigenvalue weighted by Gasteiger charge is -2.26. The third-order valence-electron chi connectivity index (χ3n) is 5.61. The van der Waals surface area contributed by atoms with Crippen LogP contribution in [0.2, 0.25) is 0 Å². The second-order valence-electron chi connectivity index (χ2n) is 9.02. The highest BCUT2D eigenvalue weighted by atomic mass is 32.2. The number of H-pyrrole nitrogens is 1. The zero-order valence-electron chi connectivity index (χ0n) is 17.8. The monoisotopic (exact) mass is 447 g/mol. The van der Waals surface area contributed by atoms with Crippen molar-refractivity contribution in [3.8, 4) is 0 Å². The summed E-state index contributed by atoms with van der Waals surface area (Å²) in [7, 11) is -4.21. The fourth-order valence-corrected chi connectivity index (χ4v) is 5.34. The number of imidazole rings is 1. The Morgan fingerprint density at radius 3 is 2.61 bits per heavy atom. The Bertz CT molecular complexity index is 1280. The molecule has 1 N–H and O–H groups in total. The van der Waals surface area contributed by atoms with E-state index in [1.54, 1.807) is 6.07 Å². The van der Waals surface area contributed by atoms with E-state index in [1.165, 1.54) is 12.1 Å². The molecular formula is C22H26FN3O4S. The highest BCUT2D eigenvalue weighted by Crippen LogP contribution is 2.31. The highest BCUT2D eigenvalue weighted by molar-refractivity contribution is 7.91. The number of halogens is 1. The van der Waals surface area contributed by atoms with Crippen LogP contribution in [0.4, 0.5) is 4.39 Å². The second-order valence-corrected chi connectivity index (χ2v) is 10.9. The van der Waals surface area contributed by atoms with E-state index in [0.717, 1.165) is 56.2 Å². The van der Waals surface area contributed by atoms with Gasteiger partial charge in [0, 0.05) is 37.4 Å². The molecule has 0 aliphatic carbocycles. The molecule has 0 saturated carbocycles. The number of pyridine rings is 1. The summed E-state index contributed by atoms with van der Waals surface area (Å²) in [6.45, 7) is 8.47. The van der Waals surface area contributed by atoms with Crippen LogP contribution in [0.5, 0.6) is 0 Å². The number of hydrogen-bond donors (Lipinski definition) is 1. The van der Waals surface area contributed by atoms with Gasteiger partial charge in [0.05, 0.1) is 15.9 Å². The molecule has 0 amide bonds. The topological polar surface area (TPSA) is 94.0 Å². The minimum Gasteiger partial charge on any atom is -0.381 e. The number of fused-ring (bicyclic) bond motifs is 1. The second kappa shape index (κ2) is 7.87. The Hall–Kier alpha value is -2.52. The van der Waals surface area contributed by atoms with E-state index in [4.69, 9.17) is 9.72 Å². The van der Waals surface area contributed by atoms with Crippen LogP contribution < -0.4 is 5.56 Å². The molecule has 31 heavy (non-hydrogen) atoms. The molecule has 3 aromatic rings. The van der Waals surface area contributed by atoms with Gasteiger partial charge in [-0.25, -0.2) is 17.8 Å². The molecule has 9 heteroatoms. The van der Waals surface area contributed by atoms with Crippen molar-refractivity contribution in [3.63, 3.8) is 0 Å². The summed E-state index contributed by atoms with van der Waals surface area (Å²) < 4.78 is 47.8. The molecule has 2 aromatic heterocycles. The third kappa shape index (κ3) is 4.16. The summed E-state index contributed by atoms with van der Waals surface area (Å²) in [6, 6.07) is 5.39. The van der Waals surface area contributed by atoms with Crippen molar-refractivity contribution in [2.45, 2.75) is 55.4 Å². The van der Waals surface area contributed by atoms with E-state index in [2.05, 4.69) is 30.3 Å². The largest absolute Gasteiger partial charge is 0.381 e. The van der Waals surface area contributed by atoms with Crippen LogP contribution in [-0.4, -0.2) is 36.2 Å². The van der Waals surface area contributed by atoms with Crippen LogP contribution in [0.25, 0.3) is 11.0 Å². The standard InChI is InChI=1S/C22H26FN3O4S/c1-22(2,3)21-25-17-10-15(31(28,29)19-11-20(27)24-12-16(19)23)4-5-18(17)26(21)13-14-6-8-30-9-7-14/h4-5,10-12,14H,6-9,13H2,1-3H3,(H,24,27). The van der Waals surface area contributed by atoms with Crippen molar-refractivity contribution in [1.29, 1.82) is 0 Å². The summed E-state index contributed by atoms with van der Waals surface area (Å²) in [5.41, 5.74) is 0.434. The molecule has 0 bridgehead atoms. The molecule has 166 valence electrons. The minimum atomic E-state index is -4.21. The van der Waals surface area contributed by atoms with E-state index in [1.807, 2.05) is 0 Å². The van der Waals surface area contributed by atoms with Gasteiger partial charge in [-0.2, -0.15) is 0 Å². The molecule has 1 aliphatic rings. The maximum Gasteiger partial charge on any atom is 0.249 e. The molecular weight excluding hydrogens is 421 g/mol. The van der Waals surface area contributed by atoms with Crippen LogP contribution >= 0.6 is 0 Å². The molecule has 1 fully saturated rings. The van der Waals surface area contributed by atoms with Crippen LogP contribution in [-0.2, 0) is 26.5 Å². The smallest absolute Gasteiger partial charge is 0.249 e. The number of rotatable bonds is 4. The van der Waals surface area contributed by atoms with Crippen LogP contribution in [0.3, 0.4) is 0 Å². The number of ether oxygens (including phenoxy) is 1. The lowest BCUT2D eigenvalue weighted by molar-refractivity contribution is 0.0611. The Balaban J connectivity index is 1.82. The predicted octanol–water partition coefficient (Wildman–Crippen LogP) is 3.42. The molecule has 0 atom stereocenters. The molecule has 0 unspecified atom stereocenters. The number of benzene rings is 1. The number of aromatic nitrogens is 3. The average molecular weight is 448 g/mol. The van der Waals surface area contributed by atoms with Gasteiger partial charge in [0.1, 0.15) is 10.7 Å². The maximum atomic E-state index is 14.2. The molecule has 1 saturated heterocycles. The van der Waals surface area contributed by atoms with E-state index >= 15 is 0 Å². The van der Waals surface area contributed by atoms with Crippen LogP contribution in [0.1, 0.15) is 39.4 Å². The quantitative estimate of drug-likeness (QED) is 0.661. The average Bonchev–Trinajstić information content (AvgIpc) is 3.09. The summed E-state index contributed by atoms with van der Waals surface area (Å²) in [4.78, 5) is 17.7. The van der Waals surface area contributed by atoms with Crippen molar-refractivity contribution in [2.75, 3.05) is 13.2 Å². The first-order chi connectivity index (χ1) is 14.6. The van der Waals surface area contributed by atoms with Crippen molar-refractivity contribution in [2.24, 2.45) is 5.92 Å². The van der Waals surface area contributed by atoms with Gasteiger partial charge in [0.25, 0.3) is 0 Å². The van der Waals surface area contributed by atoms with Crippen molar-refractivity contribution in [1.82, 2.24) is 14.5 Å². The maximum absolute atomic E-state index is 14.2. The normalized spacial score (nSPS) is 16.1. The Kier molecular flexibility index (Phi) is 5.51. The van der Waals surface area contributed by atoms with Gasteiger partial charge in [0.15, 0.2) is 5.82 Å². The number of nitrogens with one attached hydrogen (secondary N) is 1. The Morgan fingerprint density at radius 2 is 1.94 bits per heavy atom. The van der Waals surface area contributed by atoms with Crippen molar-refractivity contribution in [3.05, 3.63) is 52.5 Å². The van der Waals surface area contributed by atoms with E-state index in [-0.39, 0.29) is 10.3 Å². The fraction of sp³-hybridized carbons (Fsp3) is 0.455. The van der Waals surface area contributed by atoms with Gasteiger partial charge >= 0.3 is 0 Å². The van der Waals surface area contributed by atoms with Gasteiger partial charge in [-0.1, -0.05) is 20.8 Å². The van der Waals surface area contributed by atoms with E-state index in [9.17, 15) is 17.6 Å². The lowest BCUT2D eigenvalue weighted by Crippen LogP contribution is -2.25. The van der Waals surface area contributed by atoms with Gasteiger partial charge in [-0.3, -0.25) is 4.79 Å². The minimum absolute atomic E-state index is 0.0966. The Labute approximate surface area is 180 Å². The van der Waals surface area contributed by atoms with Gasteiger partial charge in [-0.15, -0.1) is 0 Å². The molecule has 7 nitrogen and oxygen atoms in total. The van der Waals surface area contributed by atoms with Crippen molar-refractivity contribution >= 4 is 20.9 Å². The highest BCUT2D eigenvalue weighted by Gasteiger charge is 2.28. The van der Waals surface area contributed by atoms with Crippen LogP contribution in [0, 0.1) is 11.7 Å². The predicted molar refractivity (Wildman–Crippen MR) is 114 cm³/mol. The first-order valence-corrected chi connectivity index (χ1v) is 11.8. The molecule has 3 heterocycles. The SMILES string of the molecule is CC(C)(C)c1nc2cc(S(=O)(=O)c3cc(=O)[nH]cc3F)ccc2n1CC1CCOCC1. The van der Waals surface area contributed by atoms with E-state index in [0.29, 0.717) is 11.4 Å². The number of sulfone groups is 1. The Morgan fingerprint density at radius 1 is 1.23 bits per heavy atom. The first kappa shape index (κ1) is 21.7. The zero-order chi connectivity index (χ0) is 22.4. The fourth-order valence-electron chi connectivity index (χ4n) is 3.99. The number of hydrogen-bond acceptors (Lipinski definition) is 5. The van der Waals surface area contributed by atoms with Crippen molar-refractivity contribution < 1.29 is 17.5 Å². The first-order valence-electron chi connectivity index (χ1n) is 10.3. The summed E-state index contributed by atoms with van der Waals surface area (Å²) in [6.07, 6.45) is 2.70. The molecule has 4 rings (SSSR count). The number of nitrogens with zero attached hydrogens (tertiary/aromatic N) is 2. The third-order valence-corrected chi connectivity index (χ3v) is 7.38. The lowest BCUT2D eigenvalue weighted by atomic mass is 9.94. The zero-order valence-corrected chi connectivity index (χ0v) is 18.6. The van der Waals surface area contributed by atoms with E-state index < -0.39 is 26.1 Å². The molecule has 0 radical (unpaired) electrons. The van der Waals surface area contributed by atoms with Crippen LogP contribution in [0.15, 0.2) is 45.0 Å². The molecule has 1 aliphatic heterocycles. The van der Waals surface area contributed by atoms with Gasteiger partial charge in [-0.05, 0) is 37.0 Å².